The van der Waals surface area contributed by atoms with Crippen molar-refractivity contribution in [3.05, 3.63) is 58.3 Å². The van der Waals surface area contributed by atoms with Crippen molar-refractivity contribution in [3.8, 4) is 11.5 Å². The monoisotopic (exact) mass is 472 g/mol. The number of H-pyrrole nitrogens is 1. The molecule has 0 bridgehead atoms. The second-order valence-electron chi connectivity index (χ2n) is 8.86. The number of methoxy groups -OCH3 is 1. The fourth-order valence-corrected chi connectivity index (χ4v) is 4.58. The van der Waals surface area contributed by atoms with Crippen molar-refractivity contribution in [3.63, 3.8) is 0 Å². The van der Waals surface area contributed by atoms with Crippen LogP contribution in [0.4, 0.5) is 4.39 Å². The highest BCUT2D eigenvalue weighted by atomic mass is 19.1. The van der Waals surface area contributed by atoms with E-state index < -0.39 is 17.5 Å². The number of primary amides is 1. The Morgan fingerprint density at radius 3 is 2.68 bits per heavy atom. The van der Waals surface area contributed by atoms with E-state index in [9.17, 15) is 19.1 Å². The number of nitrogens with two attached hydrogens (primary N) is 1. The highest BCUT2D eigenvalue weighted by Gasteiger charge is 2.31. The maximum Gasteiger partial charge on any atom is 0.326 e. The molecule has 1 fully saturated rings. The molecule has 10 heteroatoms. The maximum absolute atomic E-state index is 13.5. The zero-order chi connectivity index (χ0) is 24.5. The molecule has 0 aliphatic carbocycles. The standard InChI is InChI=1S/C24H29FN4O5/c1-24(32,34-21-13-18(33-2)5-3-15(21)11-22(26)30)14-28-9-7-17(8-10-28)29-20-6-4-16(25)12-19(20)27-23(29)31/h3-6,12-13,17,32H,7-11,14H2,1-2H3,(H2,26,30)(H,27,31). The Morgan fingerprint density at radius 1 is 1.26 bits per heavy atom. The number of β-amino-alcohol motifs (C(OH)–C–C–N with tert-alkyl or cyclic N) is 1. The van der Waals surface area contributed by atoms with E-state index in [4.69, 9.17) is 15.2 Å². The van der Waals surface area contributed by atoms with E-state index in [1.54, 1.807) is 35.8 Å². The lowest BCUT2D eigenvalue weighted by Crippen LogP contribution is -2.48. The van der Waals surface area contributed by atoms with Gasteiger partial charge in [0.25, 0.3) is 0 Å². The maximum atomic E-state index is 13.5. The number of carbonyl (C=O) groups excluding carboxylic acids is 1. The molecule has 34 heavy (non-hydrogen) atoms. The average molecular weight is 473 g/mol. The molecule has 4 N–H and O–H groups in total. The van der Waals surface area contributed by atoms with Crippen LogP contribution in [-0.4, -0.2) is 58.0 Å². The molecule has 1 unspecified atom stereocenters. The first-order valence-corrected chi connectivity index (χ1v) is 11.1. The predicted octanol–water partition coefficient (Wildman–Crippen LogP) is 1.93. The molecule has 0 radical (unpaired) electrons. The van der Waals surface area contributed by atoms with E-state index in [-0.39, 0.29) is 24.7 Å². The number of nitrogens with one attached hydrogen (secondary N) is 1. The van der Waals surface area contributed by atoms with Crippen LogP contribution in [-0.2, 0) is 11.2 Å². The minimum atomic E-state index is -1.54. The largest absolute Gasteiger partial charge is 0.497 e. The van der Waals surface area contributed by atoms with Crippen molar-refractivity contribution < 1.29 is 23.8 Å². The third-order valence-electron chi connectivity index (χ3n) is 6.09. The van der Waals surface area contributed by atoms with Crippen LogP contribution < -0.4 is 20.9 Å². The van der Waals surface area contributed by atoms with Crippen molar-refractivity contribution in [2.75, 3.05) is 26.7 Å². The van der Waals surface area contributed by atoms with E-state index in [1.165, 1.54) is 19.2 Å². The Kier molecular flexibility index (Phi) is 6.63. The fourth-order valence-electron chi connectivity index (χ4n) is 4.58. The third kappa shape index (κ3) is 5.23. The molecule has 0 spiro atoms. The molecular formula is C24H29FN4O5. The third-order valence-corrected chi connectivity index (χ3v) is 6.09. The number of fused-ring (bicyclic) bond motifs is 1. The highest BCUT2D eigenvalue weighted by Crippen LogP contribution is 2.30. The molecule has 1 aliphatic heterocycles. The summed E-state index contributed by atoms with van der Waals surface area (Å²) >= 11 is 0. The van der Waals surface area contributed by atoms with Gasteiger partial charge in [0.1, 0.15) is 17.3 Å². The molecule has 1 aliphatic rings. The minimum Gasteiger partial charge on any atom is -0.497 e. The molecule has 9 nitrogen and oxygen atoms in total. The van der Waals surface area contributed by atoms with Gasteiger partial charge < -0.3 is 25.3 Å². The summed E-state index contributed by atoms with van der Waals surface area (Å²) in [4.78, 5) is 28.7. The molecule has 1 saturated heterocycles. The molecule has 4 rings (SSSR count). The number of aromatic amines is 1. The van der Waals surface area contributed by atoms with Gasteiger partial charge in [0.2, 0.25) is 11.7 Å². The summed E-state index contributed by atoms with van der Waals surface area (Å²) in [5, 5.41) is 11.0. The number of aliphatic hydroxyl groups is 1. The summed E-state index contributed by atoms with van der Waals surface area (Å²) in [5.41, 5.74) is 6.81. The summed E-state index contributed by atoms with van der Waals surface area (Å²) in [6, 6.07) is 9.26. The molecule has 1 amide bonds. The summed E-state index contributed by atoms with van der Waals surface area (Å²) in [5.74, 6) is -1.58. The number of likely N-dealkylation sites (tertiary alicyclic amines) is 1. The van der Waals surface area contributed by atoms with Crippen LogP contribution in [0.3, 0.4) is 0 Å². The zero-order valence-electron chi connectivity index (χ0n) is 19.2. The number of benzene rings is 2. The van der Waals surface area contributed by atoms with Crippen molar-refractivity contribution >= 4 is 16.9 Å². The second kappa shape index (κ2) is 9.47. The average Bonchev–Trinajstić information content (AvgIpc) is 3.09. The fraction of sp³-hybridized carbons (Fsp3) is 0.417. The van der Waals surface area contributed by atoms with Crippen molar-refractivity contribution in [2.24, 2.45) is 5.73 Å². The lowest BCUT2D eigenvalue weighted by Gasteiger charge is -2.37. The Morgan fingerprint density at radius 2 is 2.00 bits per heavy atom. The Labute approximate surface area is 195 Å². The van der Waals surface area contributed by atoms with E-state index in [0.717, 1.165) is 0 Å². The van der Waals surface area contributed by atoms with E-state index in [2.05, 4.69) is 9.88 Å². The summed E-state index contributed by atoms with van der Waals surface area (Å²) < 4.78 is 26.3. The van der Waals surface area contributed by atoms with Crippen LogP contribution in [0.5, 0.6) is 11.5 Å². The SMILES string of the molecule is COc1ccc(CC(N)=O)c(OC(C)(O)CN2CCC(n3c(=O)[nH]c4cc(F)ccc43)CC2)c1. The number of ether oxygens (including phenoxy) is 2. The van der Waals surface area contributed by atoms with Gasteiger partial charge in [0.15, 0.2) is 0 Å². The van der Waals surface area contributed by atoms with Gasteiger partial charge in [-0.1, -0.05) is 6.07 Å². The second-order valence-corrected chi connectivity index (χ2v) is 8.86. The summed E-state index contributed by atoms with van der Waals surface area (Å²) in [7, 11) is 1.52. The Balaban J connectivity index is 1.43. The summed E-state index contributed by atoms with van der Waals surface area (Å²) in [6.07, 6.45) is 1.35. The van der Waals surface area contributed by atoms with Crippen LogP contribution in [0.25, 0.3) is 11.0 Å². The Bertz CT molecular complexity index is 1240. The minimum absolute atomic E-state index is 0.0237. The van der Waals surface area contributed by atoms with Gasteiger partial charge in [-0.15, -0.1) is 0 Å². The lowest BCUT2D eigenvalue weighted by molar-refractivity contribution is -0.140. The predicted molar refractivity (Wildman–Crippen MR) is 124 cm³/mol. The van der Waals surface area contributed by atoms with Crippen LogP contribution in [0, 0.1) is 5.82 Å². The van der Waals surface area contributed by atoms with Gasteiger partial charge in [0, 0.05) is 37.7 Å². The number of amides is 1. The molecule has 1 atom stereocenters. The molecular weight excluding hydrogens is 443 g/mol. The van der Waals surface area contributed by atoms with Crippen LogP contribution >= 0.6 is 0 Å². The Hall–Kier alpha value is -3.37. The molecule has 1 aromatic heterocycles. The van der Waals surface area contributed by atoms with E-state index in [0.29, 0.717) is 54.0 Å². The number of hydrogen-bond acceptors (Lipinski definition) is 6. The van der Waals surface area contributed by atoms with Gasteiger partial charge in [-0.3, -0.25) is 14.3 Å². The number of piperidine rings is 1. The van der Waals surface area contributed by atoms with Gasteiger partial charge in [0.05, 0.1) is 31.1 Å². The smallest absolute Gasteiger partial charge is 0.326 e. The highest BCUT2D eigenvalue weighted by molar-refractivity contribution is 5.77. The quantitative estimate of drug-likeness (QED) is 0.431. The normalized spacial score (nSPS) is 16.9. The van der Waals surface area contributed by atoms with Gasteiger partial charge in [-0.2, -0.15) is 0 Å². The van der Waals surface area contributed by atoms with Gasteiger partial charge in [-0.05, 0) is 37.1 Å². The zero-order valence-corrected chi connectivity index (χ0v) is 19.2. The first-order valence-electron chi connectivity index (χ1n) is 11.1. The van der Waals surface area contributed by atoms with Crippen LogP contribution in [0.2, 0.25) is 0 Å². The van der Waals surface area contributed by atoms with Crippen LogP contribution in [0.15, 0.2) is 41.2 Å². The molecule has 2 heterocycles. The van der Waals surface area contributed by atoms with Crippen LogP contribution in [0.1, 0.15) is 31.4 Å². The molecule has 3 aromatic rings. The number of aromatic nitrogens is 2. The number of carbonyl (C=O) groups is 1. The van der Waals surface area contributed by atoms with E-state index >= 15 is 0 Å². The first kappa shape index (κ1) is 23.8. The number of hydrogen-bond donors (Lipinski definition) is 3. The number of halogens is 1. The van der Waals surface area contributed by atoms with Gasteiger partial charge >= 0.3 is 5.69 Å². The molecule has 2 aromatic carbocycles. The van der Waals surface area contributed by atoms with Crippen molar-refractivity contribution in [1.82, 2.24) is 14.5 Å². The van der Waals surface area contributed by atoms with E-state index in [1.807, 2.05) is 0 Å². The first-order chi connectivity index (χ1) is 16.1. The molecule has 0 saturated carbocycles. The van der Waals surface area contributed by atoms with Gasteiger partial charge in [-0.25, -0.2) is 9.18 Å². The van der Waals surface area contributed by atoms with Crippen molar-refractivity contribution in [1.29, 1.82) is 0 Å². The number of rotatable bonds is 8. The lowest BCUT2D eigenvalue weighted by atomic mass is 10.0. The van der Waals surface area contributed by atoms with Crippen molar-refractivity contribution in [2.45, 2.75) is 38.0 Å². The molecule has 182 valence electrons. The number of imidazole rings is 1. The summed E-state index contributed by atoms with van der Waals surface area (Å²) in [6.45, 7) is 3.06. The number of nitrogens with zero attached hydrogens (tertiary/aromatic N) is 2. The topological polar surface area (TPSA) is 123 Å².